The molecule has 2 aliphatic rings. The highest BCUT2D eigenvalue weighted by molar-refractivity contribution is 7.80. The van der Waals surface area contributed by atoms with Crippen molar-refractivity contribution >= 4 is 34.6 Å². The van der Waals surface area contributed by atoms with E-state index in [0.29, 0.717) is 36.0 Å². The average molecular weight is 337 g/mol. The van der Waals surface area contributed by atoms with Crippen LogP contribution in [0, 0.1) is 5.82 Å². The first-order chi connectivity index (χ1) is 11.1. The second-order valence-electron chi connectivity index (χ2n) is 5.79. The molecule has 1 amide bonds. The number of hydrogen-bond donors (Lipinski definition) is 2. The lowest BCUT2D eigenvalue weighted by molar-refractivity contribution is -0.117. The van der Waals surface area contributed by atoms with Gasteiger partial charge in [-0.1, -0.05) is 0 Å². The molecule has 1 aromatic carbocycles. The summed E-state index contributed by atoms with van der Waals surface area (Å²) in [6, 6.07) is 4.59. The number of carbonyl (C=O) groups is 1. The standard InChI is InChI=1S/C16H20FN3O2S/c17-13-6-5-11(9-14(13)20-7-1-4-15(20)21)19-16(23)18-10-12-3-2-8-22-12/h5-6,9,12H,1-4,7-8,10H2,(H2,18,19,23)/t12-/m0/s1. The zero-order valence-electron chi connectivity index (χ0n) is 12.8. The first-order valence-electron chi connectivity index (χ1n) is 7.90. The highest BCUT2D eigenvalue weighted by Gasteiger charge is 2.24. The van der Waals surface area contributed by atoms with Crippen LogP contribution in [0.5, 0.6) is 0 Å². The fourth-order valence-electron chi connectivity index (χ4n) is 2.89. The van der Waals surface area contributed by atoms with Gasteiger partial charge < -0.3 is 20.3 Å². The third-order valence-corrected chi connectivity index (χ3v) is 4.33. The number of thiocarbonyl (C=S) groups is 1. The Hall–Kier alpha value is -1.73. The van der Waals surface area contributed by atoms with Gasteiger partial charge in [-0.15, -0.1) is 0 Å². The molecule has 0 spiro atoms. The Balaban J connectivity index is 1.61. The van der Waals surface area contributed by atoms with Gasteiger partial charge in [-0.25, -0.2) is 4.39 Å². The number of nitrogens with zero attached hydrogens (tertiary/aromatic N) is 1. The molecule has 3 rings (SSSR count). The summed E-state index contributed by atoms with van der Waals surface area (Å²) in [4.78, 5) is 13.3. The van der Waals surface area contributed by atoms with Crippen LogP contribution < -0.4 is 15.5 Å². The van der Waals surface area contributed by atoms with Crippen molar-refractivity contribution in [3.63, 3.8) is 0 Å². The quantitative estimate of drug-likeness (QED) is 0.827. The number of benzene rings is 1. The molecule has 0 aromatic heterocycles. The SMILES string of the molecule is O=C1CCCN1c1cc(NC(=S)NC[C@@H]2CCCO2)ccc1F. The Kier molecular flexibility index (Phi) is 5.07. The van der Waals surface area contributed by atoms with Crippen LogP contribution in [0.1, 0.15) is 25.7 Å². The van der Waals surface area contributed by atoms with Gasteiger partial charge in [0.1, 0.15) is 5.82 Å². The van der Waals surface area contributed by atoms with E-state index in [-0.39, 0.29) is 12.0 Å². The number of hydrogen-bond acceptors (Lipinski definition) is 3. The fourth-order valence-corrected chi connectivity index (χ4v) is 3.09. The summed E-state index contributed by atoms with van der Waals surface area (Å²) >= 11 is 5.25. The van der Waals surface area contributed by atoms with Crippen LogP contribution in [0.4, 0.5) is 15.8 Å². The van der Waals surface area contributed by atoms with Crippen molar-refractivity contribution in [3.8, 4) is 0 Å². The number of nitrogens with one attached hydrogen (secondary N) is 2. The Morgan fingerprint density at radius 3 is 3.00 bits per heavy atom. The van der Waals surface area contributed by atoms with E-state index < -0.39 is 5.82 Å². The molecule has 2 fully saturated rings. The third kappa shape index (κ3) is 3.97. The van der Waals surface area contributed by atoms with Crippen molar-refractivity contribution in [3.05, 3.63) is 24.0 Å². The average Bonchev–Trinajstić information content (AvgIpc) is 3.19. The second-order valence-corrected chi connectivity index (χ2v) is 6.19. The number of anilines is 2. The lowest BCUT2D eigenvalue weighted by atomic mass is 10.2. The summed E-state index contributed by atoms with van der Waals surface area (Å²) in [5.74, 6) is -0.441. The molecule has 1 atom stereocenters. The van der Waals surface area contributed by atoms with Crippen LogP contribution in [0.3, 0.4) is 0 Å². The van der Waals surface area contributed by atoms with Crippen LogP contribution in [-0.2, 0) is 9.53 Å². The van der Waals surface area contributed by atoms with E-state index in [4.69, 9.17) is 17.0 Å². The number of ether oxygens (including phenoxy) is 1. The van der Waals surface area contributed by atoms with Crippen molar-refractivity contribution in [2.45, 2.75) is 31.8 Å². The maximum absolute atomic E-state index is 14.0. The zero-order valence-corrected chi connectivity index (χ0v) is 13.6. The van der Waals surface area contributed by atoms with Gasteiger partial charge in [-0.05, 0) is 49.7 Å². The molecule has 0 radical (unpaired) electrons. The lowest BCUT2D eigenvalue weighted by Crippen LogP contribution is -2.34. The van der Waals surface area contributed by atoms with Crippen LogP contribution in [-0.4, -0.2) is 36.8 Å². The summed E-state index contributed by atoms with van der Waals surface area (Å²) < 4.78 is 19.5. The van der Waals surface area contributed by atoms with E-state index in [1.807, 2.05) is 0 Å². The van der Waals surface area contributed by atoms with Crippen molar-refractivity contribution < 1.29 is 13.9 Å². The van der Waals surface area contributed by atoms with Gasteiger partial charge in [-0.3, -0.25) is 4.79 Å². The van der Waals surface area contributed by atoms with Crippen molar-refractivity contribution in [2.24, 2.45) is 0 Å². The molecule has 23 heavy (non-hydrogen) atoms. The summed E-state index contributed by atoms with van der Waals surface area (Å²) in [5.41, 5.74) is 0.963. The summed E-state index contributed by atoms with van der Waals surface area (Å²) in [7, 11) is 0. The summed E-state index contributed by atoms with van der Waals surface area (Å²) in [6.07, 6.45) is 3.54. The van der Waals surface area contributed by atoms with Gasteiger partial charge >= 0.3 is 0 Å². The number of halogens is 1. The Labute approximate surface area is 140 Å². The van der Waals surface area contributed by atoms with Gasteiger partial charge in [0.05, 0.1) is 11.8 Å². The molecule has 5 nitrogen and oxygen atoms in total. The molecule has 7 heteroatoms. The van der Waals surface area contributed by atoms with Gasteiger partial charge in [0.2, 0.25) is 5.91 Å². The minimum absolute atomic E-state index is 0.0415. The Morgan fingerprint density at radius 1 is 1.43 bits per heavy atom. The van der Waals surface area contributed by atoms with E-state index in [2.05, 4.69) is 10.6 Å². The van der Waals surface area contributed by atoms with Crippen LogP contribution >= 0.6 is 12.2 Å². The zero-order chi connectivity index (χ0) is 16.2. The highest BCUT2D eigenvalue weighted by atomic mass is 32.1. The summed E-state index contributed by atoms with van der Waals surface area (Å²) in [5, 5.41) is 6.60. The Morgan fingerprint density at radius 2 is 2.30 bits per heavy atom. The Bertz CT molecular complexity index is 605. The maximum atomic E-state index is 14.0. The molecule has 0 bridgehead atoms. The largest absolute Gasteiger partial charge is 0.376 e. The van der Waals surface area contributed by atoms with Crippen molar-refractivity contribution in [1.82, 2.24) is 5.32 Å². The minimum atomic E-state index is -0.399. The molecular formula is C16H20FN3O2S. The predicted octanol–water partition coefficient (Wildman–Crippen LogP) is 2.42. The first-order valence-corrected chi connectivity index (χ1v) is 8.30. The van der Waals surface area contributed by atoms with Gasteiger partial charge in [-0.2, -0.15) is 0 Å². The van der Waals surface area contributed by atoms with Gasteiger partial charge in [0.25, 0.3) is 0 Å². The van der Waals surface area contributed by atoms with E-state index >= 15 is 0 Å². The normalized spacial score (nSPS) is 20.8. The van der Waals surface area contributed by atoms with Crippen molar-refractivity contribution in [2.75, 3.05) is 29.9 Å². The molecule has 0 aliphatic carbocycles. The molecule has 2 aliphatic heterocycles. The van der Waals surface area contributed by atoms with E-state index in [0.717, 1.165) is 25.9 Å². The van der Waals surface area contributed by atoms with Crippen LogP contribution in [0.2, 0.25) is 0 Å². The van der Waals surface area contributed by atoms with Crippen molar-refractivity contribution in [1.29, 1.82) is 0 Å². The van der Waals surface area contributed by atoms with E-state index in [1.54, 1.807) is 12.1 Å². The molecule has 2 heterocycles. The molecular weight excluding hydrogens is 317 g/mol. The topological polar surface area (TPSA) is 53.6 Å². The van der Waals surface area contributed by atoms with Crippen LogP contribution in [0.15, 0.2) is 18.2 Å². The highest BCUT2D eigenvalue weighted by Crippen LogP contribution is 2.27. The molecule has 2 N–H and O–H groups in total. The minimum Gasteiger partial charge on any atom is -0.376 e. The lowest BCUT2D eigenvalue weighted by Gasteiger charge is -2.19. The van der Waals surface area contributed by atoms with Gasteiger partial charge in [0, 0.05) is 31.8 Å². The molecule has 0 unspecified atom stereocenters. The number of amides is 1. The fraction of sp³-hybridized carbons (Fsp3) is 0.500. The van der Waals surface area contributed by atoms with Crippen LogP contribution in [0.25, 0.3) is 0 Å². The van der Waals surface area contributed by atoms with E-state index in [1.165, 1.54) is 11.0 Å². The summed E-state index contributed by atoms with van der Waals surface area (Å²) in [6.45, 7) is 2.02. The molecule has 2 saturated heterocycles. The number of rotatable bonds is 4. The first kappa shape index (κ1) is 16.1. The smallest absolute Gasteiger partial charge is 0.227 e. The predicted molar refractivity (Wildman–Crippen MR) is 91.2 cm³/mol. The van der Waals surface area contributed by atoms with Gasteiger partial charge in [0.15, 0.2) is 5.11 Å². The molecule has 1 aromatic rings. The number of carbonyl (C=O) groups excluding carboxylic acids is 1. The second kappa shape index (κ2) is 7.23. The monoisotopic (exact) mass is 337 g/mol. The molecule has 124 valence electrons. The molecule has 0 saturated carbocycles. The van der Waals surface area contributed by atoms with E-state index in [9.17, 15) is 9.18 Å². The third-order valence-electron chi connectivity index (χ3n) is 4.08. The maximum Gasteiger partial charge on any atom is 0.227 e.